The van der Waals surface area contributed by atoms with Gasteiger partial charge in [-0.05, 0) is 83.5 Å². The molecule has 8 nitrogen and oxygen atoms in total. The molecule has 0 heterocycles. The molecule has 0 aromatic carbocycles. The Balaban J connectivity index is 4.25. The van der Waals surface area contributed by atoms with E-state index in [-0.39, 0.29) is 19.1 Å². The molecule has 0 aliphatic carbocycles. The smallest absolute Gasteiger partial charge is 0.387 e. The van der Waals surface area contributed by atoms with E-state index in [0.717, 1.165) is 64.2 Å². The fourth-order valence-corrected chi connectivity index (χ4v) is 9.70. The second-order valence-electron chi connectivity index (χ2n) is 22.4. The molecule has 3 N–H and O–H groups in total. The molecule has 0 radical (unpaired) electrons. The molecule has 0 saturated carbocycles. The zero-order valence-corrected chi connectivity index (χ0v) is 50.2. The van der Waals surface area contributed by atoms with E-state index in [4.69, 9.17) is 9.05 Å². The Morgan fingerprint density at radius 1 is 0.459 bits per heavy atom. The predicted molar refractivity (Wildman–Crippen MR) is 323 cm³/mol. The molecule has 0 fully saturated rings. The lowest BCUT2D eigenvalue weighted by atomic mass is 10.0. The number of carbonyl (C=O) groups is 1. The lowest BCUT2D eigenvalue weighted by molar-refractivity contribution is -0.870. The summed E-state index contributed by atoms with van der Waals surface area (Å²) >= 11 is 0. The number of nitrogens with one attached hydrogen (secondary N) is 1. The van der Waals surface area contributed by atoms with Gasteiger partial charge in [0.1, 0.15) is 13.2 Å². The lowest BCUT2D eigenvalue weighted by Crippen LogP contribution is -2.45. The molecule has 0 bridgehead atoms. The number of carbonyl (C=O) groups excluding carboxylic acids is 1. The summed E-state index contributed by atoms with van der Waals surface area (Å²) in [4.78, 5) is 23.3. The van der Waals surface area contributed by atoms with Crippen LogP contribution in [0.4, 0.5) is 0 Å². The second-order valence-corrected chi connectivity index (χ2v) is 23.9. The Morgan fingerprint density at radius 3 is 1.18 bits per heavy atom. The van der Waals surface area contributed by atoms with Crippen molar-refractivity contribution in [3.05, 3.63) is 72.9 Å². The van der Waals surface area contributed by atoms with Gasteiger partial charge in [0.25, 0.3) is 0 Å². The van der Waals surface area contributed by atoms with Crippen LogP contribution in [0.3, 0.4) is 0 Å². The number of phosphoric ester groups is 1. The van der Waals surface area contributed by atoms with Crippen molar-refractivity contribution in [2.24, 2.45) is 0 Å². The molecule has 0 aliphatic heterocycles. The highest BCUT2D eigenvalue weighted by Gasteiger charge is 2.27. The number of unbranched alkanes of at least 4 members (excludes halogenated alkanes) is 34. The van der Waals surface area contributed by atoms with Gasteiger partial charge < -0.3 is 19.8 Å². The number of aliphatic hydroxyl groups excluding tert-OH is 1. The highest BCUT2D eigenvalue weighted by molar-refractivity contribution is 7.47. The van der Waals surface area contributed by atoms with Crippen LogP contribution in [0.2, 0.25) is 0 Å². The summed E-state index contributed by atoms with van der Waals surface area (Å²) in [5, 5.41) is 13.9. The predicted octanol–water partition coefficient (Wildman–Crippen LogP) is 19.4. The van der Waals surface area contributed by atoms with E-state index in [2.05, 4.69) is 79.9 Å². The number of phosphoric acid groups is 1. The fourth-order valence-electron chi connectivity index (χ4n) is 8.96. The van der Waals surface area contributed by atoms with Gasteiger partial charge in [-0.15, -0.1) is 0 Å². The van der Waals surface area contributed by atoms with Gasteiger partial charge in [0.2, 0.25) is 5.91 Å². The number of nitrogens with zero attached hydrogens (tertiary/aromatic N) is 1. The molecule has 432 valence electrons. The highest BCUT2D eigenvalue weighted by atomic mass is 31.2. The quantitative estimate of drug-likeness (QED) is 0.0243. The molecular formula is C65H122N2O6P+. The van der Waals surface area contributed by atoms with Gasteiger partial charge in [0, 0.05) is 6.42 Å². The Labute approximate surface area is 459 Å². The Kier molecular flexibility index (Phi) is 54.1. The van der Waals surface area contributed by atoms with Crippen LogP contribution in [0, 0.1) is 0 Å². The molecular weight excluding hydrogens is 936 g/mol. The maximum atomic E-state index is 13.0. The summed E-state index contributed by atoms with van der Waals surface area (Å²) in [5.74, 6) is -0.198. The number of aliphatic hydroxyl groups is 1. The zero-order chi connectivity index (χ0) is 54.2. The van der Waals surface area contributed by atoms with E-state index >= 15 is 0 Å². The van der Waals surface area contributed by atoms with Gasteiger partial charge in [-0.2, -0.15) is 0 Å². The van der Waals surface area contributed by atoms with Gasteiger partial charge in [0.05, 0.1) is 39.9 Å². The first kappa shape index (κ1) is 71.9. The molecule has 1 amide bonds. The van der Waals surface area contributed by atoms with Crippen LogP contribution in [-0.2, 0) is 18.4 Å². The standard InChI is InChI=1S/C65H121N2O6P/c1-6-8-10-12-14-16-18-20-22-24-26-28-30-31-32-33-34-35-37-38-40-42-44-46-48-50-52-54-56-58-64(68)63(62-73-74(70,71)72-61-60-67(3,4)5)66-65(69)59-57-55-53-51-49-47-45-43-41-39-36-29-27-25-23-21-19-17-15-13-11-9-7-2/h19,21,25,27,36,39-40,42,48,50,56,58,63-64,68H,6-18,20,22-24,26,28-35,37-38,41,43-47,49,51-55,57,59-62H2,1-5H3,(H-,66,69,70,71)/p+1/b21-19-,27-25-,39-36-,42-40+,50-48+,58-56+. The summed E-state index contributed by atoms with van der Waals surface area (Å²) in [6.07, 6.45) is 77.4. The monoisotopic (exact) mass is 1060 g/mol. The maximum Gasteiger partial charge on any atom is 0.472 e. The van der Waals surface area contributed by atoms with Gasteiger partial charge in [-0.25, -0.2) is 4.57 Å². The first-order valence-corrected chi connectivity index (χ1v) is 32.8. The Morgan fingerprint density at radius 2 is 0.784 bits per heavy atom. The van der Waals surface area contributed by atoms with Crippen molar-refractivity contribution in [1.82, 2.24) is 5.32 Å². The topological polar surface area (TPSA) is 105 Å². The van der Waals surface area contributed by atoms with Crippen molar-refractivity contribution in [3.63, 3.8) is 0 Å². The zero-order valence-electron chi connectivity index (χ0n) is 49.3. The number of hydrogen-bond donors (Lipinski definition) is 3. The molecule has 0 aromatic heterocycles. The van der Waals surface area contributed by atoms with Gasteiger partial charge in [-0.3, -0.25) is 13.8 Å². The fraction of sp³-hybridized carbons (Fsp3) is 0.800. The van der Waals surface area contributed by atoms with E-state index in [9.17, 15) is 19.4 Å². The number of likely N-dealkylation sites (N-methyl/N-ethyl adjacent to an activating group) is 1. The van der Waals surface area contributed by atoms with E-state index in [1.54, 1.807) is 6.08 Å². The molecule has 3 atom stereocenters. The molecule has 0 rings (SSSR count). The van der Waals surface area contributed by atoms with Crippen molar-refractivity contribution in [3.8, 4) is 0 Å². The number of allylic oxidation sites excluding steroid dienone is 11. The minimum absolute atomic E-state index is 0.0492. The maximum absolute atomic E-state index is 13.0. The number of quaternary nitrogens is 1. The van der Waals surface area contributed by atoms with Crippen LogP contribution in [0.1, 0.15) is 284 Å². The minimum atomic E-state index is -4.37. The molecule has 74 heavy (non-hydrogen) atoms. The molecule has 0 spiro atoms. The van der Waals surface area contributed by atoms with Crippen molar-refractivity contribution >= 4 is 13.7 Å². The van der Waals surface area contributed by atoms with E-state index < -0.39 is 20.0 Å². The summed E-state index contributed by atoms with van der Waals surface area (Å²) in [5.41, 5.74) is 0. The second kappa shape index (κ2) is 55.7. The van der Waals surface area contributed by atoms with Crippen molar-refractivity contribution < 1.29 is 32.9 Å². The molecule has 9 heteroatoms. The third-order valence-corrected chi connectivity index (χ3v) is 14.9. The third-order valence-electron chi connectivity index (χ3n) is 13.9. The molecule has 3 unspecified atom stereocenters. The van der Waals surface area contributed by atoms with Crippen LogP contribution in [0.15, 0.2) is 72.9 Å². The average molecular weight is 1060 g/mol. The number of rotatable bonds is 57. The largest absolute Gasteiger partial charge is 0.472 e. The summed E-state index contributed by atoms with van der Waals surface area (Å²) in [6, 6.07) is -0.879. The van der Waals surface area contributed by atoms with Gasteiger partial charge >= 0.3 is 7.82 Å². The molecule has 0 saturated heterocycles. The number of amides is 1. The van der Waals surface area contributed by atoms with Crippen LogP contribution < -0.4 is 5.32 Å². The highest BCUT2D eigenvalue weighted by Crippen LogP contribution is 2.43. The minimum Gasteiger partial charge on any atom is -0.387 e. The van der Waals surface area contributed by atoms with Crippen LogP contribution in [0.5, 0.6) is 0 Å². The first-order valence-electron chi connectivity index (χ1n) is 31.3. The SMILES string of the molecule is CCCCCCC/C=C\C/C=C\C/C=C\CCCCCCCCCCC(=O)NC(COP(=O)(O)OCC[N+](C)(C)C)C(O)/C=C/CC/C=C/CC/C=C/CCCCCCCCCCCCCCCCCCCCC. The van der Waals surface area contributed by atoms with Crippen molar-refractivity contribution in [1.29, 1.82) is 0 Å². The third kappa shape index (κ3) is 57.6. The van der Waals surface area contributed by atoms with E-state index in [1.165, 1.54) is 199 Å². The van der Waals surface area contributed by atoms with Crippen molar-refractivity contribution in [2.75, 3.05) is 40.9 Å². The van der Waals surface area contributed by atoms with E-state index in [0.29, 0.717) is 17.4 Å². The average Bonchev–Trinajstić information content (AvgIpc) is 3.36. The van der Waals surface area contributed by atoms with Gasteiger partial charge in [-0.1, -0.05) is 267 Å². The molecule has 0 aromatic rings. The summed E-state index contributed by atoms with van der Waals surface area (Å²) < 4.78 is 23.7. The van der Waals surface area contributed by atoms with Crippen LogP contribution in [0.25, 0.3) is 0 Å². The van der Waals surface area contributed by atoms with E-state index in [1.807, 2.05) is 27.2 Å². The summed E-state index contributed by atoms with van der Waals surface area (Å²) in [7, 11) is 1.54. The normalized spacial score (nSPS) is 14.3. The lowest BCUT2D eigenvalue weighted by Gasteiger charge is -2.25. The Bertz CT molecular complexity index is 1430. The summed E-state index contributed by atoms with van der Waals surface area (Å²) in [6.45, 7) is 4.79. The van der Waals surface area contributed by atoms with Gasteiger partial charge in [0.15, 0.2) is 0 Å². The van der Waals surface area contributed by atoms with Crippen LogP contribution in [-0.4, -0.2) is 73.4 Å². The number of hydrogen-bond acceptors (Lipinski definition) is 5. The van der Waals surface area contributed by atoms with Crippen molar-refractivity contribution in [2.45, 2.75) is 296 Å². The van der Waals surface area contributed by atoms with Crippen LogP contribution >= 0.6 is 7.82 Å². The first-order chi connectivity index (χ1) is 36.0. The Hall–Kier alpha value is -2.06. The molecule has 0 aliphatic rings.